The molecule has 0 saturated carbocycles. The summed E-state index contributed by atoms with van der Waals surface area (Å²) in [4.78, 5) is 45.1. The lowest BCUT2D eigenvalue weighted by atomic mass is 10.1. The molecule has 0 spiro atoms. The molecule has 0 aromatic rings. The number of carbonyl (C=O) groups is 4. The first kappa shape index (κ1) is 23.4. The quantitative estimate of drug-likeness (QED) is 0.151. The lowest BCUT2D eigenvalue weighted by molar-refractivity contribution is -0.138. The van der Waals surface area contributed by atoms with E-state index in [1.807, 2.05) is 0 Å². The highest BCUT2D eigenvalue weighted by Gasteiger charge is 2.24. The normalized spacial score (nSPS) is 13.4. The van der Waals surface area contributed by atoms with Gasteiger partial charge in [0.25, 0.3) is 0 Å². The zero-order valence-corrected chi connectivity index (χ0v) is 15.1. The van der Waals surface area contributed by atoms with E-state index in [0.29, 0.717) is 0 Å². The van der Waals surface area contributed by atoms with Gasteiger partial charge in [-0.05, 0) is 18.2 Å². The van der Waals surface area contributed by atoms with E-state index in [9.17, 15) is 27.6 Å². The van der Waals surface area contributed by atoms with Gasteiger partial charge in [0.1, 0.15) is 18.6 Å². The lowest BCUT2D eigenvalue weighted by Gasteiger charge is -2.16. The van der Waals surface area contributed by atoms with Gasteiger partial charge < -0.3 is 25.7 Å². The Morgan fingerprint density at radius 3 is 2.36 bits per heavy atom. The first-order valence-electron chi connectivity index (χ1n) is 6.53. The first-order valence-corrected chi connectivity index (χ1v) is 8.95. The van der Waals surface area contributed by atoms with Crippen LogP contribution in [0.4, 0.5) is 0 Å². The van der Waals surface area contributed by atoms with Crippen molar-refractivity contribution in [3.05, 3.63) is 0 Å². The molecule has 0 aliphatic rings. The van der Waals surface area contributed by atoms with Gasteiger partial charge in [-0.1, -0.05) is 4.24 Å². The molecule has 0 aromatic carbocycles. The number of hydrogen-bond donors (Lipinski definition) is 6. The highest BCUT2D eigenvalue weighted by molar-refractivity contribution is 7.86. The fourth-order valence-corrected chi connectivity index (χ4v) is 2.06. The number of nitrogens with two attached hydrogens (primary N) is 1. The second-order valence-electron chi connectivity index (χ2n) is 4.49. The van der Waals surface area contributed by atoms with Gasteiger partial charge >= 0.3 is 22.2 Å². The Labute approximate surface area is 153 Å². The number of aliphatic carboxylic acids is 1. The summed E-state index contributed by atoms with van der Waals surface area (Å²) in [7, 11) is -4.48. The van der Waals surface area contributed by atoms with Crippen LogP contribution in [0.25, 0.3) is 0 Å². The molecule has 2 unspecified atom stereocenters. The standard InChI is InChI=1S/C10H17ClN4O8S2/c11-15-25(21,22)23-10(20)5(12)1-2-7(16)14-6(4-24)9(19)13-3-8(17)18/h5-6,15,24H,1-4,12H2,(H,13,19)(H,14,16)(H,17,18). The van der Waals surface area contributed by atoms with E-state index in [1.54, 1.807) is 0 Å². The Morgan fingerprint density at radius 2 is 1.88 bits per heavy atom. The smallest absolute Gasteiger partial charge is 0.398 e. The molecule has 0 radical (unpaired) electrons. The molecule has 0 heterocycles. The number of thiol groups is 1. The third-order valence-corrected chi connectivity index (χ3v) is 4.02. The predicted octanol–water partition coefficient (Wildman–Crippen LogP) is -2.76. The zero-order chi connectivity index (χ0) is 19.6. The van der Waals surface area contributed by atoms with Gasteiger partial charge in [-0.15, -0.1) is 0 Å². The number of nitrogens with one attached hydrogen (secondary N) is 3. The second-order valence-corrected chi connectivity index (χ2v) is 6.55. The maximum absolute atomic E-state index is 11.7. The van der Waals surface area contributed by atoms with Crippen molar-refractivity contribution >= 4 is 58.5 Å². The van der Waals surface area contributed by atoms with Gasteiger partial charge in [-0.3, -0.25) is 14.4 Å². The summed E-state index contributed by atoms with van der Waals surface area (Å²) in [5.74, 6) is -4.14. The van der Waals surface area contributed by atoms with Crippen LogP contribution in [-0.4, -0.2) is 61.7 Å². The number of rotatable bonds is 11. The molecule has 0 aromatic heterocycles. The van der Waals surface area contributed by atoms with E-state index in [1.165, 1.54) is 4.24 Å². The summed E-state index contributed by atoms with van der Waals surface area (Å²) in [6.07, 6.45) is -0.611. The van der Waals surface area contributed by atoms with Crippen LogP contribution < -0.4 is 20.6 Å². The number of amides is 2. The van der Waals surface area contributed by atoms with E-state index in [-0.39, 0.29) is 18.6 Å². The Balaban J connectivity index is 4.42. The number of halogens is 1. The molecule has 6 N–H and O–H groups in total. The molecule has 2 amide bonds. The maximum Gasteiger partial charge on any atom is 0.398 e. The molecular weight excluding hydrogens is 404 g/mol. The lowest BCUT2D eigenvalue weighted by Crippen LogP contribution is -2.49. The zero-order valence-electron chi connectivity index (χ0n) is 12.6. The minimum Gasteiger partial charge on any atom is -0.480 e. The molecule has 0 aliphatic carbocycles. The van der Waals surface area contributed by atoms with E-state index < -0.39 is 52.7 Å². The van der Waals surface area contributed by atoms with E-state index in [2.05, 4.69) is 27.4 Å². The van der Waals surface area contributed by atoms with Gasteiger partial charge in [-0.2, -0.15) is 21.0 Å². The minimum absolute atomic E-state index is 0.106. The summed E-state index contributed by atoms with van der Waals surface area (Å²) in [6, 6.07) is -2.53. The Kier molecular flexibility index (Phi) is 10.4. The van der Waals surface area contributed by atoms with Crippen LogP contribution in [0.15, 0.2) is 0 Å². The van der Waals surface area contributed by atoms with Crippen molar-refractivity contribution in [1.29, 1.82) is 0 Å². The van der Waals surface area contributed by atoms with Gasteiger partial charge in [0.2, 0.25) is 11.8 Å². The Bertz CT molecular complexity index is 614. The van der Waals surface area contributed by atoms with Gasteiger partial charge in [0, 0.05) is 12.2 Å². The number of hydrogen-bond acceptors (Lipinski definition) is 9. The van der Waals surface area contributed by atoms with Crippen molar-refractivity contribution in [1.82, 2.24) is 14.9 Å². The van der Waals surface area contributed by atoms with Crippen molar-refractivity contribution < 1.29 is 36.9 Å². The summed E-state index contributed by atoms with van der Waals surface area (Å²) in [6.45, 7) is -0.626. The average Bonchev–Trinajstić information content (AvgIpc) is 2.54. The van der Waals surface area contributed by atoms with Crippen molar-refractivity contribution in [3.8, 4) is 0 Å². The van der Waals surface area contributed by atoms with Crippen molar-refractivity contribution in [2.45, 2.75) is 24.9 Å². The van der Waals surface area contributed by atoms with E-state index in [4.69, 9.17) is 22.6 Å². The van der Waals surface area contributed by atoms with Crippen LogP contribution in [0.2, 0.25) is 0 Å². The molecule has 2 atom stereocenters. The third-order valence-electron chi connectivity index (χ3n) is 2.52. The van der Waals surface area contributed by atoms with Crippen molar-refractivity contribution in [2.24, 2.45) is 5.73 Å². The van der Waals surface area contributed by atoms with Crippen LogP contribution in [-0.2, 0) is 33.7 Å². The van der Waals surface area contributed by atoms with Gasteiger partial charge in [0.15, 0.2) is 0 Å². The van der Waals surface area contributed by atoms with E-state index in [0.717, 1.165) is 0 Å². The number of carboxylic acids is 1. The molecule has 15 heteroatoms. The molecule has 0 rings (SSSR count). The molecule has 144 valence electrons. The molecule has 0 aliphatic heterocycles. The van der Waals surface area contributed by atoms with Gasteiger partial charge in [0.05, 0.1) is 0 Å². The third kappa shape index (κ3) is 10.1. The Morgan fingerprint density at radius 1 is 1.28 bits per heavy atom. The van der Waals surface area contributed by atoms with Crippen LogP contribution >= 0.6 is 24.4 Å². The van der Waals surface area contributed by atoms with Crippen LogP contribution in [0.1, 0.15) is 12.8 Å². The predicted molar refractivity (Wildman–Crippen MR) is 87.6 cm³/mol. The molecule has 12 nitrogen and oxygen atoms in total. The van der Waals surface area contributed by atoms with Crippen LogP contribution in [0.5, 0.6) is 0 Å². The van der Waals surface area contributed by atoms with Gasteiger partial charge in [-0.25, -0.2) is 4.79 Å². The fourth-order valence-electron chi connectivity index (χ4n) is 1.34. The number of carbonyl (C=O) groups excluding carboxylic acids is 3. The summed E-state index contributed by atoms with van der Waals surface area (Å²) in [5.41, 5.74) is 5.38. The largest absolute Gasteiger partial charge is 0.480 e. The summed E-state index contributed by atoms with van der Waals surface area (Å²) >= 11 is 8.68. The molecule has 0 bridgehead atoms. The van der Waals surface area contributed by atoms with Crippen LogP contribution in [0, 0.1) is 0 Å². The second kappa shape index (κ2) is 11.1. The minimum atomic E-state index is -4.48. The fraction of sp³-hybridized carbons (Fsp3) is 0.600. The van der Waals surface area contributed by atoms with Crippen LogP contribution in [0.3, 0.4) is 0 Å². The van der Waals surface area contributed by atoms with Crippen molar-refractivity contribution in [3.63, 3.8) is 0 Å². The van der Waals surface area contributed by atoms with E-state index >= 15 is 0 Å². The number of carboxylic acid groups (broad SMARTS) is 1. The van der Waals surface area contributed by atoms with Crippen molar-refractivity contribution in [2.75, 3.05) is 12.3 Å². The topological polar surface area (TPSA) is 194 Å². The molecular formula is C10H17ClN4O8S2. The SMILES string of the molecule is NC(CCC(=O)NC(CS)C(=O)NCC(=O)O)C(=O)OS(=O)(=O)NCl. The maximum atomic E-state index is 11.7. The average molecular weight is 421 g/mol. The Hall–Kier alpha value is -1.61. The molecule has 0 saturated heterocycles. The highest BCUT2D eigenvalue weighted by atomic mass is 35.5. The summed E-state index contributed by atoms with van der Waals surface area (Å²) < 4.78 is 27.0. The monoisotopic (exact) mass is 420 g/mol. The summed E-state index contributed by atoms with van der Waals surface area (Å²) in [5, 5.41) is 12.8. The first-order chi connectivity index (χ1) is 11.5. The molecule has 0 fully saturated rings. The molecule has 25 heavy (non-hydrogen) atoms. The highest BCUT2D eigenvalue weighted by Crippen LogP contribution is 2.01.